The SMILES string of the molecule is Cc1cc(N2CCCC2)c2cccc(Br)c2n1. The third-order valence-electron chi connectivity index (χ3n) is 3.34. The van der Waals surface area contributed by atoms with Crippen molar-refractivity contribution in [1.82, 2.24) is 4.98 Å². The number of fused-ring (bicyclic) bond motifs is 1. The Labute approximate surface area is 110 Å². The van der Waals surface area contributed by atoms with Crippen molar-refractivity contribution in [1.29, 1.82) is 0 Å². The van der Waals surface area contributed by atoms with Crippen LogP contribution < -0.4 is 4.90 Å². The average Bonchev–Trinajstić information content (AvgIpc) is 2.83. The molecule has 1 aromatic heterocycles. The van der Waals surface area contributed by atoms with E-state index in [1.165, 1.54) is 37.0 Å². The van der Waals surface area contributed by atoms with E-state index in [9.17, 15) is 0 Å². The lowest BCUT2D eigenvalue weighted by Crippen LogP contribution is -2.18. The third kappa shape index (κ3) is 1.93. The highest BCUT2D eigenvalue weighted by molar-refractivity contribution is 9.10. The number of para-hydroxylation sites is 1. The summed E-state index contributed by atoms with van der Waals surface area (Å²) in [5, 5.41) is 1.26. The van der Waals surface area contributed by atoms with Gasteiger partial charge in [0, 0.05) is 34.3 Å². The van der Waals surface area contributed by atoms with Crippen LogP contribution in [0.1, 0.15) is 18.5 Å². The number of aromatic nitrogens is 1. The fraction of sp³-hybridized carbons (Fsp3) is 0.357. The molecule has 0 bridgehead atoms. The Morgan fingerprint density at radius 3 is 2.76 bits per heavy atom. The van der Waals surface area contributed by atoms with E-state index < -0.39 is 0 Å². The minimum absolute atomic E-state index is 1.08. The molecule has 1 fully saturated rings. The first-order valence-corrected chi connectivity index (χ1v) is 6.86. The molecule has 0 N–H and O–H groups in total. The van der Waals surface area contributed by atoms with Gasteiger partial charge in [-0.2, -0.15) is 0 Å². The van der Waals surface area contributed by atoms with E-state index in [4.69, 9.17) is 0 Å². The molecule has 3 rings (SSSR count). The number of halogens is 1. The van der Waals surface area contributed by atoms with Crippen molar-refractivity contribution in [3.05, 3.63) is 34.4 Å². The summed E-state index contributed by atoms with van der Waals surface area (Å²) in [4.78, 5) is 7.11. The normalized spacial score (nSPS) is 15.8. The van der Waals surface area contributed by atoms with E-state index in [1.54, 1.807) is 0 Å². The van der Waals surface area contributed by atoms with Crippen molar-refractivity contribution < 1.29 is 0 Å². The fourth-order valence-electron chi connectivity index (χ4n) is 2.54. The molecule has 2 nitrogen and oxygen atoms in total. The van der Waals surface area contributed by atoms with Gasteiger partial charge in [-0.3, -0.25) is 4.98 Å². The van der Waals surface area contributed by atoms with Crippen LogP contribution in [0.25, 0.3) is 10.9 Å². The molecule has 0 spiro atoms. The number of hydrogen-bond donors (Lipinski definition) is 0. The molecule has 88 valence electrons. The molecule has 1 saturated heterocycles. The lowest BCUT2D eigenvalue weighted by molar-refractivity contribution is 0.949. The highest BCUT2D eigenvalue weighted by Crippen LogP contribution is 2.32. The fourth-order valence-corrected chi connectivity index (χ4v) is 2.99. The average molecular weight is 291 g/mol. The van der Waals surface area contributed by atoms with Crippen LogP contribution >= 0.6 is 15.9 Å². The van der Waals surface area contributed by atoms with Crippen molar-refractivity contribution in [3.63, 3.8) is 0 Å². The molecule has 0 radical (unpaired) electrons. The zero-order valence-corrected chi connectivity index (χ0v) is 11.5. The van der Waals surface area contributed by atoms with Gasteiger partial charge in [0.1, 0.15) is 0 Å². The van der Waals surface area contributed by atoms with Gasteiger partial charge in [-0.05, 0) is 47.8 Å². The Kier molecular flexibility index (Phi) is 2.79. The summed E-state index contributed by atoms with van der Waals surface area (Å²) in [7, 11) is 0. The predicted molar refractivity (Wildman–Crippen MR) is 75.6 cm³/mol. The molecule has 0 saturated carbocycles. The summed E-state index contributed by atoms with van der Waals surface area (Å²) in [5.74, 6) is 0. The second-order valence-corrected chi connectivity index (χ2v) is 5.47. The molecule has 17 heavy (non-hydrogen) atoms. The van der Waals surface area contributed by atoms with Crippen LogP contribution in [-0.4, -0.2) is 18.1 Å². The summed E-state index contributed by atoms with van der Waals surface area (Å²) >= 11 is 3.59. The topological polar surface area (TPSA) is 16.1 Å². The second-order valence-electron chi connectivity index (χ2n) is 4.61. The molecule has 0 amide bonds. The lowest BCUT2D eigenvalue weighted by Gasteiger charge is -2.20. The predicted octanol–water partition coefficient (Wildman–Crippen LogP) is 3.91. The van der Waals surface area contributed by atoms with Gasteiger partial charge in [-0.1, -0.05) is 12.1 Å². The molecule has 1 aromatic carbocycles. The Morgan fingerprint density at radius 1 is 1.24 bits per heavy atom. The Balaban J connectivity index is 2.25. The molecule has 3 heteroatoms. The summed E-state index contributed by atoms with van der Waals surface area (Å²) < 4.78 is 1.08. The maximum Gasteiger partial charge on any atom is 0.0867 e. The van der Waals surface area contributed by atoms with Gasteiger partial charge in [0.15, 0.2) is 0 Å². The number of hydrogen-bond acceptors (Lipinski definition) is 2. The number of benzene rings is 1. The molecule has 2 heterocycles. The maximum atomic E-state index is 4.63. The van der Waals surface area contributed by atoms with E-state index in [-0.39, 0.29) is 0 Å². The van der Waals surface area contributed by atoms with Gasteiger partial charge in [-0.15, -0.1) is 0 Å². The minimum Gasteiger partial charge on any atom is -0.371 e. The standard InChI is InChI=1S/C14H15BrN2/c1-10-9-13(17-7-2-3-8-17)11-5-4-6-12(15)14(11)16-10/h4-6,9H,2-3,7-8H2,1H3. The Bertz CT molecular complexity index is 559. The highest BCUT2D eigenvalue weighted by atomic mass is 79.9. The third-order valence-corrected chi connectivity index (χ3v) is 3.98. The summed E-state index contributed by atoms with van der Waals surface area (Å²) in [5.41, 5.74) is 3.51. The van der Waals surface area contributed by atoms with Gasteiger partial charge in [0.2, 0.25) is 0 Å². The summed E-state index contributed by atoms with van der Waals surface area (Å²) in [6.07, 6.45) is 2.60. The van der Waals surface area contributed by atoms with E-state index in [0.717, 1.165) is 15.7 Å². The van der Waals surface area contributed by atoms with E-state index in [0.29, 0.717) is 0 Å². The monoisotopic (exact) mass is 290 g/mol. The molecule has 0 atom stereocenters. The quantitative estimate of drug-likeness (QED) is 0.792. The van der Waals surface area contributed by atoms with Crippen LogP contribution in [0, 0.1) is 6.92 Å². The van der Waals surface area contributed by atoms with Crippen molar-refractivity contribution in [2.24, 2.45) is 0 Å². The van der Waals surface area contributed by atoms with Gasteiger partial charge in [-0.25, -0.2) is 0 Å². The van der Waals surface area contributed by atoms with Gasteiger partial charge in [0.25, 0.3) is 0 Å². The second kappa shape index (κ2) is 4.30. The summed E-state index contributed by atoms with van der Waals surface area (Å²) in [6.45, 7) is 4.41. The van der Waals surface area contributed by atoms with Gasteiger partial charge >= 0.3 is 0 Å². The van der Waals surface area contributed by atoms with Gasteiger partial charge < -0.3 is 4.90 Å². The van der Waals surface area contributed by atoms with Crippen LogP contribution in [0.5, 0.6) is 0 Å². The zero-order valence-electron chi connectivity index (χ0n) is 9.91. The van der Waals surface area contributed by atoms with Crippen LogP contribution in [0.15, 0.2) is 28.7 Å². The molecule has 0 aliphatic carbocycles. The number of nitrogens with zero attached hydrogens (tertiary/aromatic N) is 2. The summed E-state index contributed by atoms with van der Waals surface area (Å²) in [6, 6.07) is 8.52. The van der Waals surface area contributed by atoms with Crippen molar-refractivity contribution >= 4 is 32.5 Å². The van der Waals surface area contributed by atoms with E-state index in [1.807, 2.05) is 0 Å². The first-order chi connectivity index (χ1) is 8.25. The maximum absolute atomic E-state index is 4.63. The van der Waals surface area contributed by atoms with Crippen LogP contribution in [0.2, 0.25) is 0 Å². The van der Waals surface area contributed by atoms with Crippen molar-refractivity contribution in [3.8, 4) is 0 Å². The van der Waals surface area contributed by atoms with E-state index >= 15 is 0 Å². The number of aryl methyl sites for hydroxylation is 1. The Hall–Kier alpha value is -1.09. The van der Waals surface area contributed by atoms with E-state index in [2.05, 4.69) is 57.0 Å². The molecule has 2 aromatic rings. The van der Waals surface area contributed by atoms with Crippen LogP contribution in [0.3, 0.4) is 0 Å². The van der Waals surface area contributed by atoms with Crippen molar-refractivity contribution in [2.75, 3.05) is 18.0 Å². The number of pyridine rings is 1. The molecule has 1 aliphatic rings. The largest absolute Gasteiger partial charge is 0.371 e. The number of anilines is 1. The smallest absolute Gasteiger partial charge is 0.0867 e. The molecular formula is C14H15BrN2. The lowest BCUT2D eigenvalue weighted by atomic mass is 10.1. The van der Waals surface area contributed by atoms with Crippen LogP contribution in [0.4, 0.5) is 5.69 Å². The van der Waals surface area contributed by atoms with Crippen LogP contribution in [-0.2, 0) is 0 Å². The zero-order chi connectivity index (χ0) is 11.8. The molecule has 1 aliphatic heterocycles. The number of rotatable bonds is 1. The first kappa shape index (κ1) is 11.0. The Morgan fingerprint density at radius 2 is 2.00 bits per heavy atom. The molecular weight excluding hydrogens is 276 g/mol. The first-order valence-electron chi connectivity index (χ1n) is 6.06. The van der Waals surface area contributed by atoms with Gasteiger partial charge in [0.05, 0.1) is 5.52 Å². The molecule has 0 unspecified atom stereocenters. The van der Waals surface area contributed by atoms with Crippen molar-refractivity contribution in [2.45, 2.75) is 19.8 Å². The minimum atomic E-state index is 1.08. The highest BCUT2D eigenvalue weighted by Gasteiger charge is 2.16.